The first-order valence-electron chi connectivity index (χ1n) is 10.9. The van der Waals surface area contributed by atoms with Crippen LogP contribution in [0.25, 0.3) is 11.1 Å². The Labute approximate surface area is 199 Å². The molecule has 1 aliphatic heterocycles. The summed E-state index contributed by atoms with van der Waals surface area (Å²) in [7, 11) is 0. The van der Waals surface area contributed by atoms with Crippen LogP contribution in [0.3, 0.4) is 0 Å². The van der Waals surface area contributed by atoms with Crippen molar-refractivity contribution in [3.8, 4) is 11.1 Å². The van der Waals surface area contributed by atoms with E-state index in [0.717, 1.165) is 10.5 Å². The lowest BCUT2D eigenvalue weighted by Crippen LogP contribution is -2.50. The van der Waals surface area contributed by atoms with Crippen molar-refractivity contribution in [1.29, 1.82) is 0 Å². The molecule has 0 bridgehead atoms. The maximum Gasteiger partial charge on any atom is 0.256 e. The number of carbonyl (C=O) groups is 3. The highest BCUT2D eigenvalue weighted by molar-refractivity contribution is 6.22. The quantitative estimate of drug-likeness (QED) is 0.550. The van der Waals surface area contributed by atoms with E-state index in [1.54, 1.807) is 43.3 Å². The molecule has 0 saturated carbocycles. The summed E-state index contributed by atoms with van der Waals surface area (Å²) in [6, 6.07) is 11.8. The standard InChI is InChI=1S/C26H22F3N3O3/c1-13-16-6-3-4-7-17(16)24-21(30)8-5-9-22(24)32(25(13)34)26(35)14(2)31-23(33)12-18-19(28)10-15(27)11-20(18)29/h3-11,13-14H,12,30H2,1-2H3,(H,31,33)/t13?,14-/m0/s1. The molecule has 4 rings (SSSR count). The lowest BCUT2D eigenvalue weighted by molar-refractivity contribution is -0.131. The molecule has 3 N–H and O–H groups in total. The Bertz CT molecular complexity index is 1340. The van der Waals surface area contributed by atoms with Gasteiger partial charge < -0.3 is 11.1 Å². The maximum atomic E-state index is 13.9. The zero-order valence-electron chi connectivity index (χ0n) is 18.9. The van der Waals surface area contributed by atoms with Gasteiger partial charge in [0.05, 0.1) is 18.0 Å². The van der Waals surface area contributed by atoms with Crippen LogP contribution in [0.4, 0.5) is 24.5 Å². The van der Waals surface area contributed by atoms with E-state index < -0.39 is 59.1 Å². The number of nitrogens with one attached hydrogen (secondary N) is 1. The van der Waals surface area contributed by atoms with Gasteiger partial charge in [-0.3, -0.25) is 14.4 Å². The first kappa shape index (κ1) is 24.0. The van der Waals surface area contributed by atoms with Crippen molar-refractivity contribution in [3.63, 3.8) is 0 Å². The molecule has 0 aromatic heterocycles. The molecule has 0 spiro atoms. The summed E-state index contributed by atoms with van der Waals surface area (Å²) in [5.74, 6) is -6.35. The molecule has 0 saturated heterocycles. The van der Waals surface area contributed by atoms with Gasteiger partial charge in [-0.1, -0.05) is 30.3 Å². The minimum Gasteiger partial charge on any atom is -0.398 e. The summed E-state index contributed by atoms with van der Waals surface area (Å²) in [5.41, 5.74) is 8.19. The summed E-state index contributed by atoms with van der Waals surface area (Å²) < 4.78 is 41.0. The van der Waals surface area contributed by atoms with Gasteiger partial charge in [-0.25, -0.2) is 18.1 Å². The molecule has 1 unspecified atom stereocenters. The fraction of sp³-hybridized carbons (Fsp3) is 0.192. The molecule has 3 amide bonds. The van der Waals surface area contributed by atoms with Crippen LogP contribution in [0.2, 0.25) is 0 Å². The molecule has 0 aliphatic carbocycles. The Morgan fingerprint density at radius 2 is 1.71 bits per heavy atom. The van der Waals surface area contributed by atoms with Crippen molar-refractivity contribution in [3.05, 3.63) is 83.2 Å². The number of amides is 3. The number of carbonyl (C=O) groups excluding carboxylic acids is 3. The van der Waals surface area contributed by atoms with Crippen LogP contribution in [0, 0.1) is 17.5 Å². The highest BCUT2D eigenvalue weighted by Crippen LogP contribution is 2.44. The Hall–Kier alpha value is -4.14. The lowest BCUT2D eigenvalue weighted by Gasteiger charge is -2.26. The predicted octanol–water partition coefficient (Wildman–Crippen LogP) is 4.08. The number of rotatable bonds is 4. The third kappa shape index (κ3) is 4.37. The number of hydrogen-bond donors (Lipinski definition) is 2. The highest BCUT2D eigenvalue weighted by Gasteiger charge is 2.37. The van der Waals surface area contributed by atoms with Crippen LogP contribution >= 0.6 is 0 Å². The van der Waals surface area contributed by atoms with Crippen molar-refractivity contribution < 1.29 is 27.6 Å². The summed E-state index contributed by atoms with van der Waals surface area (Å²) >= 11 is 0. The molecule has 3 aromatic rings. The van der Waals surface area contributed by atoms with Gasteiger partial charge in [-0.05, 0) is 37.1 Å². The molecule has 9 heteroatoms. The zero-order valence-corrected chi connectivity index (χ0v) is 18.9. The number of benzene rings is 3. The van der Waals surface area contributed by atoms with Gasteiger partial charge in [0.15, 0.2) is 0 Å². The average Bonchev–Trinajstić information content (AvgIpc) is 2.89. The summed E-state index contributed by atoms with van der Waals surface area (Å²) in [5, 5.41) is 2.38. The monoisotopic (exact) mass is 481 g/mol. The second-order valence-electron chi connectivity index (χ2n) is 8.38. The van der Waals surface area contributed by atoms with Crippen LogP contribution in [-0.2, 0) is 20.8 Å². The van der Waals surface area contributed by atoms with Gasteiger partial charge in [-0.2, -0.15) is 0 Å². The van der Waals surface area contributed by atoms with Crippen LogP contribution in [0.15, 0.2) is 54.6 Å². The van der Waals surface area contributed by atoms with Crippen molar-refractivity contribution in [2.75, 3.05) is 10.6 Å². The van der Waals surface area contributed by atoms with E-state index in [0.29, 0.717) is 28.9 Å². The SMILES string of the molecule is CC1C(=O)N(C(=O)[C@H](C)NC(=O)Cc2c(F)cc(F)cc2F)c2cccc(N)c2-c2ccccc21. The van der Waals surface area contributed by atoms with Crippen LogP contribution in [0.5, 0.6) is 0 Å². The summed E-state index contributed by atoms with van der Waals surface area (Å²) in [4.78, 5) is 40.4. The van der Waals surface area contributed by atoms with E-state index >= 15 is 0 Å². The van der Waals surface area contributed by atoms with E-state index in [1.807, 2.05) is 6.07 Å². The first-order chi connectivity index (χ1) is 16.6. The number of nitrogen functional groups attached to an aromatic ring is 1. The second kappa shape index (κ2) is 9.25. The van der Waals surface area contributed by atoms with E-state index in [-0.39, 0.29) is 5.69 Å². The van der Waals surface area contributed by atoms with E-state index in [1.165, 1.54) is 6.92 Å². The van der Waals surface area contributed by atoms with Crippen molar-refractivity contribution in [2.24, 2.45) is 0 Å². The number of halogens is 3. The number of anilines is 2. The van der Waals surface area contributed by atoms with E-state index in [4.69, 9.17) is 5.73 Å². The molecule has 1 aliphatic rings. The van der Waals surface area contributed by atoms with E-state index in [2.05, 4.69) is 5.32 Å². The minimum atomic E-state index is -1.22. The number of nitrogens with two attached hydrogens (primary N) is 1. The smallest absolute Gasteiger partial charge is 0.256 e. The third-order valence-electron chi connectivity index (χ3n) is 6.01. The van der Waals surface area contributed by atoms with E-state index in [9.17, 15) is 27.6 Å². The molecule has 35 heavy (non-hydrogen) atoms. The number of hydrogen-bond acceptors (Lipinski definition) is 4. The Morgan fingerprint density at radius 1 is 1.06 bits per heavy atom. The molecule has 2 atom stereocenters. The van der Waals surface area contributed by atoms with Gasteiger partial charge in [-0.15, -0.1) is 0 Å². The maximum absolute atomic E-state index is 13.9. The number of imide groups is 1. The number of fused-ring (bicyclic) bond motifs is 3. The molecule has 180 valence electrons. The minimum absolute atomic E-state index is 0.272. The van der Waals surface area contributed by atoms with Gasteiger partial charge >= 0.3 is 0 Å². The predicted molar refractivity (Wildman–Crippen MR) is 125 cm³/mol. The van der Waals surface area contributed by atoms with Crippen LogP contribution in [0.1, 0.15) is 30.9 Å². The first-order valence-corrected chi connectivity index (χ1v) is 10.9. The van der Waals surface area contributed by atoms with Crippen molar-refractivity contribution >= 4 is 29.1 Å². The normalized spacial score (nSPS) is 15.6. The van der Waals surface area contributed by atoms with Gasteiger partial charge in [0.1, 0.15) is 23.5 Å². The lowest BCUT2D eigenvalue weighted by atomic mass is 9.92. The second-order valence-corrected chi connectivity index (χ2v) is 8.38. The van der Waals surface area contributed by atoms with Gasteiger partial charge in [0.2, 0.25) is 11.8 Å². The number of nitrogens with zero attached hydrogens (tertiary/aromatic N) is 1. The topological polar surface area (TPSA) is 92.5 Å². The summed E-state index contributed by atoms with van der Waals surface area (Å²) in [6.45, 7) is 3.03. The molecule has 1 heterocycles. The average molecular weight is 481 g/mol. The molecule has 0 fully saturated rings. The van der Waals surface area contributed by atoms with Gasteiger partial charge in [0.25, 0.3) is 5.91 Å². The Kier molecular flexibility index (Phi) is 6.34. The zero-order chi connectivity index (χ0) is 25.4. The third-order valence-corrected chi connectivity index (χ3v) is 6.01. The molecule has 0 radical (unpaired) electrons. The molecule has 3 aromatic carbocycles. The van der Waals surface area contributed by atoms with Gasteiger partial charge in [0, 0.05) is 28.9 Å². The fourth-order valence-corrected chi connectivity index (χ4v) is 4.26. The largest absolute Gasteiger partial charge is 0.398 e. The highest BCUT2D eigenvalue weighted by atomic mass is 19.1. The van der Waals surface area contributed by atoms with Crippen molar-refractivity contribution in [2.45, 2.75) is 32.2 Å². The summed E-state index contributed by atoms with van der Waals surface area (Å²) in [6.07, 6.45) is -0.755. The molecular weight excluding hydrogens is 459 g/mol. The Balaban J connectivity index is 1.65. The fourth-order valence-electron chi connectivity index (χ4n) is 4.26. The Morgan fingerprint density at radius 3 is 2.40 bits per heavy atom. The molecular formula is C26H22F3N3O3. The molecule has 6 nitrogen and oxygen atoms in total. The van der Waals surface area contributed by atoms with Crippen molar-refractivity contribution in [1.82, 2.24) is 5.32 Å². The van der Waals surface area contributed by atoms with Crippen LogP contribution in [-0.4, -0.2) is 23.8 Å². The van der Waals surface area contributed by atoms with Crippen LogP contribution < -0.4 is 16.0 Å².